The number of phenolic OH excluding ortho intramolecular Hbond substituents is 2. The monoisotopic (exact) mass is 397 g/mol. The van der Waals surface area contributed by atoms with E-state index in [1.165, 1.54) is 0 Å². The van der Waals surface area contributed by atoms with E-state index in [4.69, 9.17) is 0 Å². The molecule has 1 heterocycles. The van der Waals surface area contributed by atoms with Gasteiger partial charge in [0.1, 0.15) is 11.4 Å². The molecular formula is C18H15N5O6. The van der Waals surface area contributed by atoms with E-state index < -0.39 is 28.0 Å². The van der Waals surface area contributed by atoms with Crippen LogP contribution in [-0.4, -0.2) is 37.2 Å². The highest BCUT2D eigenvalue weighted by molar-refractivity contribution is 5.86. The number of aromatic hydroxyl groups is 2. The highest BCUT2D eigenvalue weighted by Gasteiger charge is 2.16. The molecule has 0 aliphatic rings. The molecular weight excluding hydrogens is 382 g/mol. The van der Waals surface area contributed by atoms with Gasteiger partial charge < -0.3 is 15.2 Å². The van der Waals surface area contributed by atoms with Crippen molar-refractivity contribution in [2.75, 3.05) is 0 Å². The number of para-hydroxylation sites is 2. The Hall–Kier alpha value is -4.28. The second-order valence-corrected chi connectivity index (χ2v) is 5.98. The average Bonchev–Trinajstić information content (AvgIpc) is 2.67. The maximum Gasteiger partial charge on any atom is 0.311 e. The van der Waals surface area contributed by atoms with Crippen LogP contribution >= 0.6 is 0 Å². The molecule has 2 aromatic carbocycles. The minimum atomic E-state index is -0.821. The number of carbonyl (C=O) groups is 1. The lowest BCUT2D eigenvalue weighted by Gasteiger charge is -2.03. The van der Waals surface area contributed by atoms with Gasteiger partial charge in [0.05, 0.1) is 22.2 Å². The largest absolute Gasteiger partial charge is 0.507 e. The number of rotatable bonds is 6. The Bertz CT molecular complexity index is 1190. The van der Waals surface area contributed by atoms with Crippen LogP contribution in [0.5, 0.6) is 11.5 Å². The van der Waals surface area contributed by atoms with Crippen molar-refractivity contribution in [2.45, 2.75) is 12.8 Å². The maximum atomic E-state index is 12.0. The van der Waals surface area contributed by atoms with E-state index >= 15 is 0 Å². The van der Waals surface area contributed by atoms with Crippen LogP contribution < -0.4 is 11.0 Å². The molecule has 0 saturated heterocycles. The highest BCUT2D eigenvalue weighted by atomic mass is 16.6. The third-order valence-electron chi connectivity index (χ3n) is 3.97. The number of hydrogen-bond acceptors (Lipinski definition) is 8. The third kappa shape index (κ3) is 4.53. The average molecular weight is 397 g/mol. The van der Waals surface area contributed by atoms with Crippen molar-refractivity contribution in [3.63, 3.8) is 0 Å². The van der Waals surface area contributed by atoms with Gasteiger partial charge in [0.25, 0.3) is 5.56 Å². The summed E-state index contributed by atoms with van der Waals surface area (Å²) < 4.78 is 0. The first-order chi connectivity index (χ1) is 13.8. The number of nitrogens with zero attached hydrogens (tertiary/aromatic N) is 3. The molecule has 0 spiro atoms. The van der Waals surface area contributed by atoms with Crippen molar-refractivity contribution in [1.29, 1.82) is 0 Å². The van der Waals surface area contributed by atoms with Gasteiger partial charge in [-0.3, -0.25) is 19.7 Å². The van der Waals surface area contributed by atoms with Gasteiger partial charge >= 0.3 is 5.69 Å². The lowest BCUT2D eigenvalue weighted by Crippen LogP contribution is -2.21. The number of nitro groups is 1. The number of phenols is 2. The Morgan fingerprint density at radius 3 is 2.79 bits per heavy atom. The van der Waals surface area contributed by atoms with E-state index in [2.05, 4.69) is 20.5 Å². The van der Waals surface area contributed by atoms with E-state index in [0.29, 0.717) is 11.0 Å². The molecule has 0 fully saturated rings. The Balaban J connectivity index is 1.63. The van der Waals surface area contributed by atoms with Crippen molar-refractivity contribution in [2.24, 2.45) is 5.10 Å². The zero-order chi connectivity index (χ0) is 21.0. The van der Waals surface area contributed by atoms with Crippen molar-refractivity contribution < 1.29 is 19.9 Å². The summed E-state index contributed by atoms with van der Waals surface area (Å²) >= 11 is 0. The number of benzene rings is 2. The predicted molar refractivity (Wildman–Crippen MR) is 103 cm³/mol. The molecule has 4 N–H and O–H groups in total. The van der Waals surface area contributed by atoms with Crippen LogP contribution in [0.4, 0.5) is 5.69 Å². The fourth-order valence-corrected chi connectivity index (χ4v) is 2.53. The number of carbonyl (C=O) groups excluding carboxylic acids is 1. The van der Waals surface area contributed by atoms with Gasteiger partial charge in [-0.2, -0.15) is 5.10 Å². The van der Waals surface area contributed by atoms with Gasteiger partial charge in [0.15, 0.2) is 5.75 Å². The summed E-state index contributed by atoms with van der Waals surface area (Å²) in [5, 5.41) is 33.5. The fourth-order valence-electron chi connectivity index (χ4n) is 2.53. The van der Waals surface area contributed by atoms with Crippen LogP contribution in [0.15, 0.2) is 46.3 Å². The van der Waals surface area contributed by atoms with Crippen molar-refractivity contribution >= 4 is 28.8 Å². The molecule has 0 radical (unpaired) electrons. The lowest BCUT2D eigenvalue weighted by atomic mass is 10.2. The Labute approximate surface area is 162 Å². The minimum absolute atomic E-state index is 0.0672. The van der Waals surface area contributed by atoms with Gasteiger partial charge in [0, 0.05) is 30.5 Å². The second-order valence-electron chi connectivity index (χ2n) is 5.98. The number of hydrazone groups is 1. The zero-order valence-corrected chi connectivity index (χ0v) is 14.8. The molecule has 0 unspecified atom stereocenters. The predicted octanol–water partition coefficient (Wildman–Crippen LogP) is 1.33. The van der Waals surface area contributed by atoms with Gasteiger partial charge in [-0.25, -0.2) is 10.4 Å². The van der Waals surface area contributed by atoms with Crippen LogP contribution in [0, 0.1) is 10.1 Å². The Morgan fingerprint density at radius 1 is 1.28 bits per heavy atom. The van der Waals surface area contributed by atoms with E-state index in [9.17, 15) is 29.9 Å². The molecule has 148 valence electrons. The summed E-state index contributed by atoms with van der Waals surface area (Å²) in [7, 11) is 0. The van der Waals surface area contributed by atoms with Crippen molar-refractivity contribution in [1.82, 2.24) is 15.4 Å². The first kappa shape index (κ1) is 19.5. The van der Waals surface area contributed by atoms with E-state index in [1.54, 1.807) is 24.3 Å². The molecule has 0 aliphatic carbocycles. The summed E-state index contributed by atoms with van der Waals surface area (Å²) in [5.41, 5.74) is 2.53. The molecule has 0 aliphatic heterocycles. The van der Waals surface area contributed by atoms with Crippen molar-refractivity contribution in [3.8, 4) is 11.5 Å². The number of hydrogen-bond donors (Lipinski definition) is 4. The quantitative estimate of drug-likeness (QED) is 0.276. The fraction of sp³-hybridized carbons (Fsp3) is 0.111. The summed E-state index contributed by atoms with van der Waals surface area (Å²) in [6, 6.07) is 8.73. The van der Waals surface area contributed by atoms with E-state index in [1.807, 2.05) is 0 Å². The van der Waals surface area contributed by atoms with Crippen LogP contribution in [0.1, 0.15) is 17.7 Å². The highest BCUT2D eigenvalue weighted by Crippen LogP contribution is 2.31. The number of amides is 1. The van der Waals surface area contributed by atoms with Gasteiger partial charge in [-0.05, 0) is 12.1 Å². The van der Waals surface area contributed by atoms with Crippen molar-refractivity contribution in [3.05, 3.63) is 68.1 Å². The van der Waals surface area contributed by atoms with Crippen LogP contribution in [0.3, 0.4) is 0 Å². The van der Waals surface area contributed by atoms with E-state index in [-0.39, 0.29) is 29.7 Å². The molecule has 11 heteroatoms. The van der Waals surface area contributed by atoms with Crippen LogP contribution in [-0.2, 0) is 11.2 Å². The molecule has 11 nitrogen and oxygen atoms in total. The summed E-state index contributed by atoms with van der Waals surface area (Å²) in [5.74, 6) is -1.66. The lowest BCUT2D eigenvalue weighted by molar-refractivity contribution is -0.385. The zero-order valence-electron chi connectivity index (χ0n) is 14.8. The van der Waals surface area contributed by atoms with Gasteiger partial charge in [-0.1, -0.05) is 12.1 Å². The number of aromatic nitrogens is 2. The second kappa shape index (κ2) is 8.17. The van der Waals surface area contributed by atoms with Crippen LogP contribution in [0.25, 0.3) is 11.0 Å². The first-order valence-corrected chi connectivity index (χ1v) is 8.35. The molecule has 0 atom stereocenters. The third-order valence-corrected chi connectivity index (χ3v) is 3.97. The Morgan fingerprint density at radius 2 is 2.03 bits per heavy atom. The normalized spacial score (nSPS) is 11.0. The smallest absolute Gasteiger partial charge is 0.311 e. The van der Waals surface area contributed by atoms with Gasteiger partial charge in [-0.15, -0.1) is 0 Å². The molecule has 3 aromatic rings. The molecule has 0 saturated carbocycles. The number of nitrogens with one attached hydrogen (secondary N) is 2. The standard InChI is InChI=1S/C18H15N5O6/c24-15-8-16(25)14(23(28)29)7-10(15)9-19-22-17(26)6-5-13-18(27)21-12-4-2-1-3-11(12)20-13/h1-4,7-9,24-25H,5-6H2,(H,21,27)(H,22,26)/b19-9-. The Kier molecular flexibility index (Phi) is 5.49. The molecule has 1 amide bonds. The van der Waals surface area contributed by atoms with Gasteiger partial charge in [0.2, 0.25) is 5.91 Å². The minimum Gasteiger partial charge on any atom is -0.507 e. The van der Waals surface area contributed by atoms with Crippen LogP contribution in [0.2, 0.25) is 0 Å². The summed E-state index contributed by atoms with van der Waals surface area (Å²) in [4.78, 5) is 40.9. The van der Waals surface area contributed by atoms with E-state index in [0.717, 1.165) is 18.3 Å². The molecule has 29 heavy (non-hydrogen) atoms. The number of aryl methyl sites for hydroxylation is 1. The molecule has 3 rings (SSSR count). The topological polar surface area (TPSA) is 171 Å². The molecule has 0 bridgehead atoms. The summed E-state index contributed by atoms with van der Waals surface area (Å²) in [6.07, 6.45) is 1.01. The maximum absolute atomic E-state index is 12.0. The number of H-pyrrole nitrogens is 1. The number of nitro benzene ring substituents is 1. The number of fused-ring (bicyclic) bond motifs is 1. The SMILES string of the molecule is O=C(CCc1nc2ccccc2[nH]c1=O)N/N=C\c1cc([N+](=O)[O-])c(O)cc1O. The number of aromatic amines is 1. The molecule has 1 aromatic heterocycles. The first-order valence-electron chi connectivity index (χ1n) is 8.35. The summed E-state index contributed by atoms with van der Waals surface area (Å²) in [6.45, 7) is 0.